The Balaban J connectivity index is 2.32. The van der Waals surface area contributed by atoms with Crippen LogP contribution in [0.1, 0.15) is 0 Å². The van der Waals surface area contributed by atoms with Crippen molar-refractivity contribution < 1.29 is 9.53 Å². The number of ether oxygens (including phenoxy) is 1. The molecule has 0 bridgehead atoms. The fourth-order valence-electron chi connectivity index (χ4n) is 1.96. The first-order valence-corrected chi connectivity index (χ1v) is 6.30. The average molecular weight is 274 g/mol. The smallest absolute Gasteiger partial charge is 0.245 e. The normalized spacial score (nSPS) is 24.2. The molecule has 0 aromatic heterocycles. The zero-order chi connectivity index (χ0) is 12.4. The molecule has 1 aliphatic heterocycles. The van der Waals surface area contributed by atoms with Crippen molar-refractivity contribution in [3.05, 3.63) is 24.3 Å². The second-order valence-electron chi connectivity index (χ2n) is 3.94. The first-order valence-electron chi connectivity index (χ1n) is 5.33. The van der Waals surface area contributed by atoms with Crippen LogP contribution in [0.25, 0.3) is 0 Å². The number of alkyl halides is 2. The van der Waals surface area contributed by atoms with Gasteiger partial charge in [-0.3, -0.25) is 4.79 Å². The first kappa shape index (κ1) is 12.5. The van der Waals surface area contributed by atoms with Gasteiger partial charge < -0.3 is 9.64 Å². The molecule has 0 saturated carbocycles. The third-order valence-corrected chi connectivity index (χ3v) is 3.85. The average Bonchev–Trinajstić information content (AvgIpc) is 2.66. The molecule has 1 amide bonds. The molecule has 2 atom stereocenters. The van der Waals surface area contributed by atoms with Gasteiger partial charge in [-0.05, 0) is 12.1 Å². The Morgan fingerprint density at radius 3 is 2.76 bits per heavy atom. The number of carbonyl (C=O) groups is 1. The Morgan fingerprint density at radius 1 is 1.47 bits per heavy atom. The van der Waals surface area contributed by atoms with Crippen molar-refractivity contribution >= 4 is 34.8 Å². The van der Waals surface area contributed by atoms with Crippen molar-refractivity contribution in [3.8, 4) is 5.75 Å². The molecule has 0 radical (unpaired) electrons. The Kier molecular flexibility index (Phi) is 3.79. The molecule has 1 aromatic rings. The van der Waals surface area contributed by atoms with Gasteiger partial charge in [0.25, 0.3) is 0 Å². The lowest BCUT2D eigenvalue weighted by atomic mass is 10.1. The fourth-order valence-corrected chi connectivity index (χ4v) is 2.62. The number of nitrogens with zero attached hydrogens (tertiary/aromatic N) is 1. The van der Waals surface area contributed by atoms with Gasteiger partial charge in [-0.25, -0.2) is 0 Å². The van der Waals surface area contributed by atoms with Crippen LogP contribution < -0.4 is 9.64 Å². The predicted octanol–water partition coefficient (Wildman–Crippen LogP) is 2.50. The lowest BCUT2D eigenvalue weighted by Crippen LogP contribution is -2.27. The summed E-state index contributed by atoms with van der Waals surface area (Å²) in [5.74, 6) is 0.920. The molecule has 1 aliphatic rings. The number of hydrogen-bond donors (Lipinski definition) is 0. The van der Waals surface area contributed by atoms with Crippen molar-refractivity contribution in [1.82, 2.24) is 0 Å². The van der Waals surface area contributed by atoms with Gasteiger partial charge in [0, 0.05) is 18.3 Å². The Hall–Kier alpha value is -0.930. The van der Waals surface area contributed by atoms with E-state index in [4.69, 9.17) is 27.9 Å². The second kappa shape index (κ2) is 5.15. The van der Waals surface area contributed by atoms with E-state index >= 15 is 0 Å². The SMILES string of the molecule is COc1ccccc1N1CC(CCl)C(Cl)C1=O. The minimum absolute atomic E-state index is 0.0178. The molecule has 2 rings (SSSR count). The maximum absolute atomic E-state index is 12.0. The molecule has 5 heteroatoms. The van der Waals surface area contributed by atoms with E-state index in [1.54, 1.807) is 12.0 Å². The molecule has 17 heavy (non-hydrogen) atoms. The van der Waals surface area contributed by atoms with Gasteiger partial charge >= 0.3 is 0 Å². The summed E-state index contributed by atoms with van der Waals surface area (Å²) in [6, 6.07) is 7.39. The minimum atomic E-state index is -0.544. The number of anilines is 1. The standard InChI is InChI=1S/C12H13Cl2NO2/c1-17-10-5-3-2-4-9(10)15-7-8(6-13)11(14)12(15)16/h2-5,8,11H,6-7H2,1H3. The number of carbonyl (C=O) groups excluding carboxylic acids is 1. The van der Waals surface area contributed by atoms with Crippen LogP contribution in [0.15, 0.2) is 24.3 Å². The van der Waals surface area contributed by atoms with E-state index in [2.05, 4.69) is 0 Å². The van der Waals surface area contributed by atoms with Crippen molar-refractivity contribution in [2.75, 3.05) is 24.4 Å². The third kappa shape index (κ3) is 2.22. The van der Waals surface area contributed by atoms with Crippen LogP contribution >= 0.6 is 23.2 Å². The summed E-state index contributed by atoms with van der Waals surface area (Å²) in [7, 11) is 1.58. The monoisotopic (exact) mass is 273 g/mol. The van der Waals surface area contributed by atoms with Crippen LogP contribution in [0.2, 0.25) is 0 Å². The highest BCUT2D eigenvalue weighted by molar-refractivity contribution is 6.35. The topological polar surface area (TPSA) is 29.5 Å². The quantitative estimate of drug-likeness (QED) is 0.792. The number of benzene rings is 1. The Morgan fingerprint density at radius 2 is 2.18 bits per heavy atom. The number of amides is 1. The molecule has 1 aromatic carbocycles. The van der Waals surface area contributed by atoms with Crippen molar-refractivity contribution in [3.63, 3.8) is 0 Å². The van der Waals surface area contributed by atoms with Crippen LogP contribution in [0.3, 0.4) is 0 Å². The highest BCUT2D eigenvalue weighted by Crippen LogP contribution is 2.34. The maximum atomic E-state index is 12.0. The summed E-state index contributed by atoms with van der Waals surface area (Å²) >= 11 is 11.9. The summed E-state index contributed by atoms with van der Waals surface area (Å²) in [5, 5.41) is -0.544. The molecule has 0 aliphatic carbocycles. The van der Waals surface area contributed by atoms with E-state index in [1.807, 2.05) is 24.3 Å². The van der Waals surface area contributed by atoms with Crippen LogP contribution in [0.4, 0.5) is 5.69 Å². The minimum Gasteiger partial charge on any atom is -0.495 e. The van der Waals surface area contributed by atoms with Gasteiger partial charge in [-0.2, -0.15) is 0 Å². The van der Waals surface area contributed by atoms with Gasteiger partial charge in [0.15, 0.2) is 0 Å². The summed E-state index contributed by atoms with van der Waals surface area (Å²) < 4.78 is 5.24. The zero-order valence-corrected chi connectivity index (χ0v) is 10.9. The molecular weight excluding hydrogens is 261 g/mol. The largest absolute Gasteiger partial charge is 0.495 e. The van der Waals surface area contributed by atoms with Gasteiger partial charge in [-0.1, -0.05) is 12.1 Å². The summed E-state index contributed by atoms with van der Waals surface area (Å²) in [5.41, 5.74) is 0.748. The molecule has 0 spiro atoms. The first-order chi connectivity index (χ1) is 8.19. The van der Waals surface area contributed by atoms with E-state index < -0.39 is 5.38 Å². The highest BCUT2D eigenvalue weighted by atomic mass is 35.5. The molecule has 1 heterocycles. The molecular formula is C12H13Cl2NO2. The van der Waals surface area contributed by atoms with Crippen LogP contribution in [-0.4, -0.2) is 30.8 Å². The van der Waals surface area contributed by atoms with E-state index in [9.17, 15) is 4.79 Å². The van der Waals surface area contributed by atoms with E-state index in [0.29, 0.717) is 18.2 Å². The lowest BCUT2D eigenvalue weighted by Gasteiger charge is -2.19. The van der Waals surface area contributed by atoms with Crippen LogP contribution in [-0.2, 0) is 4.79 Å². The number of rotatable bonds is 3. The molecule has 3 nitrogen and oxygen atoms in total. The molecule has 2 unspecified atom stereocenters. The van der Waals surface area contributed by atoms with Crippen molar-refractivity contribution in [2.45, 2.75) is 5.38 Å². The summed E-state index contributed by atoms with van der Waals surface area (Å²) in [4.78, 5) is 13.7. The van der Waals surface area contributed by atoms with Gasteiger partial charge in [-0.15, -0.1) is 23.2 Å². The number of halogens is 2. The van der Waals surface area contributed by atoms with Crippen molar-refractivity contribution in [2.24, 2.45) is 5.92 Å². The molecule has 92 valence electrons. The zero-order valence-electron chi connectivity index (χ0n) is 9.40. The number of methoxy groups -OCH3 is 1. The number of para-hydroxylation sites is 2. The summed E-state index contributed by atoms with van der Waals surface area (Å²) in [6.07, 6.45) is 0. The molecule has 1 saturated heterocycles. The summed E-state index contributed by atoms with van der Waals surface area (Å²) in [6.45, 7) is 0.539. The van der Waals surface area contributed by atoms with Gasteiger partial charge in [0.05, 0.1) is 12.8 Å². The number of hydrogen-bond acceptors (Lipinski definition) is 2. The highest BCUT2D eigenvalue weighted by Gasteiger charge is 2.40. The van der Waals surface area contributed by atoms with Gasteiger partial charge in [0.1, 0.15) is 11.1 Å². The van der Waals surface area contributed by atoms with E-state index in [0.717, 1.165) is 5.69 Å². The Labute approximate surface area is 110 Å². The maximum Gasteiger partial charge on any atom is 0.245 e. The Bertz CT molecular complexity index is 425. The second-order valence-corrected chi connectivity index (χ2v) is 4.72. The molecule has 1 fully saturated rings. The van der Waals surface area contributed by atoms with Gasteiger partial charge in [0.2, 0.25) is 5.91 Å². The van der Waals surface area contributed by atoms with E-state index in [-0.39, 0.29) is 11.8 Å². The van der Waals surface area contributed by atoms with Crippen molar-refractivity contribution in [1.29, 1.82) is 0 Å². The third-order valence-electron chi connectivity index (χ3n) is 2.91. The lowest BCUT2D eigenvalue weighted by molar-refractivity contribution is -0.117. The fraction of sp³-hybridized carbons (Fsp3) is 0.417. The van der Waals surface area contributed by atoms with E-state index in [1.165, 1.54) is 0 Å². The van der Waals surface area contributed by atoms with Crippen LogP contribution in [0.5, 0.6) is 5.75 Å². The molecule has 0 N–H and O–H groups in total. The van der Waals surface area contributed by atoms with Crippen LogP contribution in [0, 0.1) is 5.92 Å². The predicted molar refractivity (Wildman–Crippen MR) is 69.2 cm³/mol.